The van der Waals surface area contributed by atoms with Gasteiger partial charge in [0.1, 0.15) is 22.7 Å². The van der Waals surface area contributed by atoms with Crippen molar-refractivity contribution in [3.8, 4) is 0 Å². The van der Waals surface area contributed by atoms with Crippen LogP contribution in [0.5, 0.6) is 0 Å². The van der Waals surface area contributed by atoms with E-state index in [1.165, 1.54) is 7.11 Å². The third-order valence-corrected chi connectivity index (χ3v) is 5.45. The second-order valence-electron chi connectivity index (χ2n) is 7.45. The summed E-state index contributed by atoms with van der Waals surface area (Å²) in [6, 6.07) is 3.80. The standard InChI is InChI=1S/C22H32O6/c1-27-19(12-6-5-10-18-11-8-17-28-18)22(26)16-9-15-21(22,25)14-7-3-2-4-13-20(23)24/h3,7-8,11-12,17,25-26H,2,4-6,9-10,13-16H2,1H3,(H,23,24)/b7-3-,19-12+. The summed E-state index contributed by atoms with van der Waals surface area (Å²) in [5.41, 5.74) is -2.68. The maximum absolute atomic E-state index is 11.3. The summed E-state index contributed by atoms with van der Waals surface area (Å²) >= 11 is 0. The van der Waals surface area contributed by atoms with E-state index in [4.69, 9.17) is 14.3 Å². The zero-order chi connectivity index (χ0) is 20.5. The molecule has 3 N–H and O–H groups in total. The molecule has 1 heterocycles. The molecule has 156 valence electrons. The van der Waals surface area contributed by atoms with E-state index in [-0.39, 0.29) is 6.42 Å². The van der Waals surface area contributed by atoms with E-state index in [0.717, 1.165) is 18.6 Å². The van der Waals surface area contributed by atoms with Crippen LogP contribution in [0.2, 0.25) is 0 Å². The molecule has 1 aliphatic carbocycles. The van der Waals surface area contributed by atoms with Crippen LogP contribution in [0.15, 0.2) is 46.8 Å². The molecule has 0 aliphatic heterocycles. The maximum Gasteiger partial charge on any atom is 0.303 e. The molecule has 0 spiro atoms. The number of hydrogen-bond acceptors (Lipinski definition) is 5. The molecule has 1 aromatic heterocycles. The van der Waals surface area contributed by atoms with Gasteiger partial charge < -0.3 is 24.5 Å². The Hall–Kier alpha value is -2.05. The van der Waals surface area contributed by atoms with Crippen molar-refractivity contribution in [2.75, 3.05) is 7.11 Å². The van der Waals surface area contributed by atoms with Crippen molar-refractivity contribution in [3.05, 3.63) is 48.1 Å². The van der Waals surface area contributed by atoms with Crippen molar-refractivity contribution in [1.29, 1.82) is 0 Å². The number of methoxy groups -OCH3 is 1. The van der Waals surface area contributed by atoms with Crippen LogP contribution in [-0.4, -0.2) is 39.6 Å². The van der Waals surface area contributed by atoms with Crippen LogP contribution in [0, 0.1) is 0 Å². The number of hydrogen-bond donors (Lipinski definition) is 3. The number of carboxylic acids is 1. The minimum Gasteiger partial charge on any atom is -0.498 e. The summed E-state index contributed by atoms with van der Waals surface area (Å²) in [4.78, 5) is 10.5. The molecule has 28 heavy (non-hydrogen) atoms. The van der Waals surface area contributed by atoms with Gasteiger partial charge >= 0.3 is 5.97 Å². The molecule has 0 saturated heterocycles. The van der Waals surface area contributed by atoms with Crippen molar-refractivity contribution in [2.45, 2.75) is 75.4 Å². The quantitative estimate of drug-likeness (QED) is 0.283. The number of carboxylic acid groups (broad SMARTS) is 1. The van der Waals surface area contributed by atoms with Crippen LogP contribution in [0.4, 0.5) is 0 Å². The highest BCUT2D eigenvalue weighted by Gasteiger charge is 2.55. The molecule has 1 fully saturated rings. The molecule has 0 radical (unpaired) electrons. The number of carbonyl (C=O) groups is 1. The number of rotatable bonds is 12. The van der Waals surface area contributed by atoms with Gasteiger partial charge in [-0.05, 0) is 69.6 Å². The van der Waals surface area contributed by atoms with Crippen molar-refractivity contribution < 1.29 is 29.3 Å². The summed E-state index contributed by atoms with van der Waals surface area (Å²) in [5, 5.41) is 31.0. The molecule has 6 heteroatoms. The second-order valence-corrected chi connectivity index (χ2v) is 7.45. The molecule has 2 unspecified atom stereocenters. The molecule has 6 nitrogen and oxygen atoms in total. The number of aryl methyl sites for hydroxylation is 1. The Morgan fingerprint density at radius 1 is 1.25 bits per heavy atom. The average molecular weight is 392 g/mol. The Bertz CT molecular complexity index is 663. The molecule has 2 rings (SSSR count). The second kappa shape index (κ2) is 10.5. The Labute approximate surface area is 166 Å². The third-order valence-electron chi connectivity index (χ3n) is 5.45. The first kappa shape index (κ1) is 22.2. The molecule has 0 bridgehead atoms. The van der Waals surface area contributed by atoms with E-state index in [2.05, 4.69) is 0 Å². The normalized spacial score (nSPS) is 25.5. The van der Waals surface area contributed by atoms with Crippen LogP contribution in [0.1, 0.15) is 63.5 Å². The van der Waals surface area contributed by atoms with E-state index in [1.54, 1.807) is 6.26 Å². The van der Waals surface area contributed by atoms with Gasteiger partial charge in [0, 0.05) is 12.8 Å². The van der Waals surface area contributed by atoms with Gasteiger partial charge in [0.25, 0.3) is 0 Å². The predicted molar refractivity (Wildman–Crippen MR) is 106 cm³/mol. The van der Waals surface area contributed by atoms with Gasteiger partial charge in [0.15, 0.2) is 0 Å². The van der Waals surface area contributed by atoms with Gasteiger partial charge in [-0.25, -0.2) is 0 Å². The summed E-state index contributed by atoms with van der Waals surface area (Å²) in [6.07, 6.45) is 12.9. The number of aliphatic hydroxyl groups is 2. The fourth-order valence-corrected chi connectivity index (χ4v) is 3.85. The fourth-order valence-electron chi connectivity index (χ4n) is 3.85. The summed E-state index contributed by atoms with van der Waals surface area (Å²) < 4.78 is 10.8. The van der Waals surface area contributed by atoms with Crippen molar-refractivity contribution in [2.24, 2.45) is 0 Å². The first-order chi connectivity index (χ1) is 13.4. The molecular weight excluding hydrogens is 360 g/mol. The zero-order valence-electron chi connectivity index (χ0n) is 16.6. The van der Waals surface area contributed by atoms with E-state index in [1.807, 2.05) is 30.4 Å². The highest BCUT2D eigenvalue weighted by molar-refractivity contribution is 5.66. The summed E-state index contributed by atoms with van der Waals surface area (Å²) in [6.45, 7) is 0. The lowest BCUT2D eigenvalue weighted by Crippen LogP contribution is -2.51. The van der Waals surface area contributed by atoms with Crippen molar-refractivity contribution in [1.82, 2.24) is 0 Å². The summed E-state index contributed by atoms with van der Waals surface area (Å²) in [7, 11) is 1.52. The molecule has 1 aromatic rings. The molecule has 1 saturated carbocycles. The number of furan rings is 1. The number of ether oxygens (including phenoxy) is 1. The van der Waals surface area contributed by atoms with Gasteiger partial charge in [0.05, 0.1) is 13.4 Å². The molecule has 1 aliphatic rings. The number of unbranched alkanes of at least 4 members (excludes halogenated alkanes) is 2. The SMILES string of the molecule is CO/C(=C/CCCc1ccco1)C1(O)CCCC1(O)C/C=C\CCCC(=O)O. The van der Waals surface area contributed by atoms with Crippen LogP contribution in [0.25, 0.3) is 0 Å². The fraction of sp³-hybridized carbons (Fsp3) is 0.591. The highest BCUT2D eigenvalue weighted by atomic mass is 16.5. The van der Waals surface area contributed by atoms with E-state index >= 15 is 0 Å². The van der Waals surface area contributed by atoms with Gasteiger partial charge in [-0.15, -0.1) is 0 Å². The first-order valence-electron chi connectivity index (χ1n) is 10.00. The topological polar surface area (TPSA) is 100 Å². The number of allylic oxidation sites excluding steroid dienone is 2. The van der Waals surface area contributed by atoms with Gasteiger partial charge in [-0.3, -0.25) is 4.79 Å². The molecule has 0 aromatic carbocycles. The lowest BCUT2D eigenvalue weighted by Gasteiger charge is -2.38. The molecule has 0 amide bonds. The Kier molecular flexibility index (Phi) is 8.33. The van der Waals surface area contributed by atoms with Gasteiger partial charge in [-0.2, -0.15) is 0 Å². The summed E-state index contributed by atoms with van der Waals surface area (Å²) in [5.74, 6) is 0.543. The highest BCUT2D eigenvalue weighted by Crippen LogP contribution is 2.46. The lowest BCUT2D eigenvalue weighted by molar-refractivity contribution is -0.137. The largest absolute Gasteiger partial charge is 0.498 e. The minimum atomic E-state index is -1.40. The molecular formula is C22H32O6. The Morgan fingerprint density at radius 2 is 2.07 bits per heavy atom. The predicted octanol–water partition coefficient (Wildman–Crippen LogP) is 3.98. The Balaban J connectivity index is 1.93. The van der Waals surface area contributed by atoms with Crippen molar-refractivity contribution >= 4 is 5.97 Å². The first-order valence-corrected chi connectivity index (χ1v) is 10.00. The number of aliphatic carboxylic acids is 1. The van der Waals surface area contributed by atoms with Crippen molar-refractivity contribution in [3.63, 3.8) is 0 Å². The van der Waals surface area contributed by atoms with Crippen LogP contribution < -0.4 is 0 Å². The van der Waals surface area contributed by atoms with E-state index in [9.17, 15) is 15.0 Å². The monoisotopic (exact) mass is 392 g/mol. The minimum absolute atomic E-state index is 0.132. The zero-order valence-corrected chi connectivity index (χ0v) is 16.6. The van der Waals surface area contributed by atoms with Crippen LogP contribution in [0.3, 0.4) is 0 Å². The third kappa shape index (κ3) is 5.72. The van der Waals surface area contributed by atoms with Crippen LogP contribution in [-0.2, 0) is 16.0 Å². The van der Waals surface area contributed by atoms with E-state index < -0.39 is 17.2 Å². The van der Waals surface area contributed by atoms with Gasteiger partial charge in [-0.1, -0.05) is 12.2 Å². The lowest BCUT2D eigenvalue weighted by atomic mass is 9.81. The van der Waals surface area contributed by atoms with Crippen LogP contribution >= 0.6 is 0 Å². The van der Waals surface area contributed by atoms with Gasteiger partial charge in [0.2, 0.25) is 0 Å². The maximum atomic E-state index is 11.3. The Morgan fingerprint density at radius 3 is 2.75 bits per heavy atom. The van der Waals surface area contributed by atoms with E-state index in [0.29, 0.717) is 50.7 Å². The molecule has 2 atom stereocenters. The smallest absolute Gasteiger partial charge is 0.303 e. The average Bonchev–Trinajstić information content (AvgIpc) is 3.27.